The van der Waals surface area contributed by atoms with Gasteiger partial charge in [0.05, 0.1) is 23.7 Å². The lowest BCUT2D eigenvalue weighted by atomic mass is 9.97. The number of hydrogen-bond acceptors (Lipinski definition) is 6. The summed E-state index contributed by atoms with van der Waals surface area (Å²) in [4.78, 5) is 17.3. The van der Waals surface area contributed by atoms with E-state index in [-0.39, 0.29) is 17.4 Å². The zero-order chi connectivity index (χ0) is 24.7. The molecule has 7 nitrogen and oxygen atoms in total. The second-order valence-corrected chi connectivity index (χ2v) is 9.55. The van der Waals surface area contributed by atoms with Crippen LogP contribution in [-0.2, 0) is 11.3 Å². The SMILES string of the molecule is COCCCNc1cnc(Nc2ccc(OC(C)C)c(F)c2)n(CC2=CCC(C)(Cl)C=C2)c1=O. The van der Waals surface area contributed by atoms with Crippen LogP contribution in [0.2, 0.25) is 0 Å². The predicted molar refractivity (Wildman–Crippen MR) is 135 cm³/mol. The Balaban J connectivity index is 1.89. The molecule has 0 spiro atoms. The van der Waals surface area contributed by atoms with Crippen LogP contribution in [0.15, 0.2) is 53.0 Å². The van der Waals surface area contributed by atoms with E-state index in [1.807, 2.05) is 39.0 Å². The molecule has 0 radical (unpaired) electrons. The van der Waals surface area contributed by atoms with Gasteiger partial charge in [-0.15, -0.1) is 11.6 Å². The summed E-state index contributed by atoms with van der Waals surface area (Å²) in [5.41, 5.74) is 1.55. The first-order chi connectivity index (χ1) is 16.2. The van der Waals surface area contributed by atoms with Crippen molar-refractivity contribution in [2.75, 3.05) is 30.9 Å². The summed E-state index contributed by atoms with van der Waals surface area (Å²) < 4.78 is 26.6. The molecular formula is C25H32ClFN4O3. The van der Waals surface area contributed by atoms with Crippen LogP contribution in [-0.4, -0.2) is 40.8 Å². The van der Waals surface area contributed by atoms with Crippen molar-refractivity contribution in [3.05, 3.63) is 64.4 Å². The number of nitrogens with one attached hydrogen (secondary N) is 2. The van der Waals surface area contributed by atoms with Crippen molar-refractivity contribution < 1.29 is 13.9 Å². The predicted octanol–water partition coefficient (Wildman–Crippen LogP) is 5.25. The highest BCUT2D eigenvalue weighted by molar-refractivity contribution is 6.25. The molecule has 2 N–H and O–H groups in total. The second kappa shape index (κ2) is 11.5. The third-order valence-electron chi connectivity index (χ3n) is 5.19. The Morgan fingerprint density at radius 3 is 2.79 bits per heavy atom. The number of aromatic nitrogens is 2. The van der Waals surface area contributed by atoms with Gasteiger partial charge in [-0.25, -0.2) is 9.37 Å². The molecule has 1 atom stereocenters. The largest absolute Gasteiger partial charge is 0.488 e. The number of nitrogens with zero attached hydrogens (tertiary/aromatic N) is 2. The summed E-state index contributed by atoms with van der Waals surface area (Å²) in [6.45, 7) is 7.06. The van der Waals surface area contributed by atoms with E-state index in [1.54, 1.807) is 19.2 Å². The maximum absolute atomic E-state index is 14.5. The summed E-state index contributed by atoms with van der Waals surface area (Å²) in [5.74, 6) is -0.0237. The number of benzene rings is 1. The van der Waals surface area contributed by atoms with Crippen molar-refractivity contribution in [2.45, 2.75) is 51.1 Å². The van der Waals surface area contributed by atoms with Gasteiger partial charge in [-0.05, 0) is 51.3 Å². The Kier molecular flexibility index (Phi) is 8.74. The Hall–Kier alpha value is -2.84. The fourth-order valence-electron chi connectivity index (χ4n) is 3.40. The van der Waals surface area contributed by atoms with E-state index in [0.717, 1.165) is 12.0 Å². The topological polar surface area (TPSA) is 77.4 Å². The van der Waals surface area contributed by atoms with Gasteiger partial charge in [-0.1, -0.05) is 18.2 Å². The Labute approximate surface area is 204 Å². The Bertz CT molecular complexity index is 1110. The standard InChI is InChI=1S/C25H32ClFN4O3/c1-17(2)34-22-7-6-19(14-20(22)27)30-24-29-15-21(28-12-5-13-33-4)23(32)31(24)16-18-8-10-25(3,26)11-9-18/h6-10,14-15,17,28H,5,11-13,16H2,1-4H3,(H,29,30). The van der Waals surface area contributed by atoms with Gasteiger partial charge in [0, 0.05) is 32.0 Å². The summed E-state index contributed by atoms with van der Waals surface area (Å²) in [6, 6.07) is 4.57. The van der Waals surface area contributed by atoms with Gasteiger partial charge in [0.25, 0.3) is 5.56 Å². The minimum Gasteiger partial charge on any atom is -0.488 e. The van der Waals surface area contributed by atoms with Gasteiger partial charge in [-0.2, -0.15) is 0 Å². The molecule has 1 aliphatic rings. The van der Waals surface area contributed by atoms with Crippen molar-refractivity contribution in [1.82, 2.24) is 9.55 Å². The van der Waals surface area contributed by atoms with Gasteiger partial charge in [0.1, 0.15) is 5.69 Å². The van der Waals surface area contributed by atoms with Crippen molar-refractivity contribution >= 4 is 28.9 Å². The van der Waals surface area contributed by atoms with Gasteiger partial charge in [0.2, 0.25) is 5.95 Å². The molecule has 0 aliphatic heterocycles. The first-order valence-electron chi connectivity index (χ1n) is 11.3. The van der Waals surface area contributed by atoms with E-state index in [2.05, 4.69) is 15.6 Å². The van der Waals surface area contributed by atoms with Crippen LogP contribution in [0, 0.1) is 5.82 Å². The number of allylic oxidation sites excluding steroid dienone is 4. The normalized spacial score (nSPS) is 17.6. The maximum Gasteiger partial charge on any atom is 0.278 e. The first kappa shape index (κ1) is 25.8. The molecule has 34 heavy (non-hydrogen) atoms. The monoisotopic (exact) mass is 490 g/mol. The molecule has 0 saturated heterocycles. The number of hydrogen-bond donors (Lipinski definition) is 2. The molecule has 1 aromatic carbocycles. The van der Waals surface area contributed by atoms with E-state index in [0.29, 0.717) is 43.4 Å². The average molecular weight is 491 g/mol. The molecule has 9 heteroatoms. The van der Waals surface area contributed by atoms with Crippen molar-refractivity contribution in [1.29, 1.82) is 0 Å². The number of anilines is 3. The van der Waals surface area contributed by atoms with Gasteiger partial charge in [0.15, 0.2) is 11.6 Å². The Morgan fingerprint density at radius 2 is 2.15 bits per heavy atom. The average Bonchev–Trinajstić information content (AvgIpc) is 2.78. The molecule has 1 aliphatic carbocycles. The molecule has 0 fully saturated rings. The molecule has 2 aromatic rings. The summed E-state index contributed by atoms with van der Waals surface area (Å²) in [7, 11) is 1.64. The lowest BCUT2D eigenvalue weighted by Crippen LogP contribution is -2.28. The molecule has 0 amide bonds. The zero-order valence-corrected chi connectivity index (χ0v) is 20.8. The van der Waals surface area contributed by atoms with Crippen LogP contribution >= 0.6 is 11.6 Å². The van der Waals surface area contributed by atoms with E-state index in [4.69, 9.17) is 21.1 Å². The first-order valence-corrected chi connectivity index (χ1v) is 11.7. The molecule has 1 aromatic heterocycles. The molecule has 3 rings (SSSR count). The lowest BCUT2D eigenvalue weighted by molar-refractivity contribution is 0.198. The van der Waals surface area contributed by atoms with Crippen LogP contribution < -0.4 is 20.9 Å². The maximum atomic E-state index is 14.5. The van der Waals surface area contributed by atoms with E-state index in [1.165, 1.54) is 16.8 Å². The second-order valence-electron chi connectivity index (χ2n) is 8.69. The van der Waals surface area contributed by atoms with Crippen LogP contribution in [0.3, 0.4) is 0 Å². The molecule has 1 unspecified atom stereocenters. The van der Waals surface area contributed by atoms with E-state index in [9.17, 15) is 9.18 Å². The molecule has 184 valence electrons. The number of rotatable bonds is 11. The van der Waals surface area contributed by atoms with E-state index < -0.39 is 10.7 Å². The number of alkyl halides is 1. The van der Waals surface area contributed by atoms with Crippen LogP contribution in [0.25, 0.3) is 0 Å². The third-order valence-corrected chi connectivity index (χ3v) is 5.47. The highest BCUT2D eigenvalue weighted by atomic mass is 35.5. The smallest absolute Gasteiger partial charge is 0.278 e. The quantitative estimate of drug-likeness (QED) is 0.331. The van der Waals surface area contributed by atoms with Crippen molar-refractivity contribution in [2.24, 2.45) is 0 Å². The Morgan fingerprint density at radius 1 is 1.35 bits per heavy atom. The highest BCUT2D eigenvalue weighted by Gasteiger charge is 2.20. The third kappa shape index (κ3) is 7.08. The van der Waals surface area contributed by atoms with Gasteiger partial charge < -0.3 is 20.1 Å². The fraction of sp³-hybridized carbons (Fsp3) is 0.440. The van der Waals surface area contributed by atoms with Crippen molar-refractivity contribution in [3.63, 3.8) is 0 Å². The lowest BCUT2D eigenvalue weighted by Gasteiger charge is -2.22. The van der Waals surface area contributed by atoms with Gasteiger partial charge in [-0.3, -0.25) is 9.36 Å². The number of ether oxygens (including phenoxy) is 2. The number of methoxy groups -OCH3 is 1. The summed E-state index contributed by atoms with van der Waals surface area (Å²) in [5, 5.41) is 6.20. The van der Waals surface area contributed by atoms with Crippen LogP contribution in [0.1, 0.15) is 33.6 Å². The van der Waals surface area contributed by atoms with Crippen molar-refractivity contribution in [3.8, 4) is 5.75 Å². The van der Waals surface area contributed by atoms with Crippen LogP contribution in [0.4, 0.5) is 21.7 Å². The summed E-state index contributed by atoms with van der Waals surface area (Å²) in [6.07, 6.45) is 8.61. The molecule has 0 bridgehead atoms. The highest BCUT2D eigenvalue weighted by Crippen LogP contribution is 2.28. The molecule has 0 saturated carbocycles. The van der Waals surface area contributed by atoms with Crippen LogP contribution in [0.5, 0.6) is 5.75 Å². The molecule has 1 heterocycles. The fourth-order valence-corrected chi connectivity index (χ4v) is 3.54. The summed E-state index contributed by atoms with van der Waals surface area (Å²) >= 11 is 6.39. The molecular weight excluding hydrogens is 459 g/mol. The minimum atomic E-state index is -0.497. The van der Waals surface area contributed by atoms with E-state index >= 15 is 0 Å². The number of halogens is 2. The zero-order valence-electron chi connectivity index (χ0n) is 20.0. The van der Waals surface area contributed by atoms with Gasteiger partial charge >= 0.3 is 0 Å². The minimum absolute atomic E-state index is 0.143.